The number of nitrogens with zero attached hydrogens (tertiary/aromatic N) is 4. The minimum absolute atomic E-state index is 0.0224. The Labute approximate surface area is 195 Å². The zero-order valence-corrected chi connectivity index (χ0v) is 19.7. The first-order valence-corrected chi connectivity index (χ1v) is 10.9. The van der Waals surface area contributed by atoms with E-state index < -0.39 is 54.2 Å². The van der Waals surface area contributed by atoms with E-state index in [1.165, 1.54) is 36.1 Å². The summed E-state index contributed by atoms with van der Waals surface area (Å²) in [6.45, 7) is 7.31. The minimum atomic E-state index is -1.06. The average molecular weight is 479 g/mol. The second-order valence-electron chi connectivity index (χ2n) is 8.13. The quantitative estimate of drug-likeness (QED) is 0.418. The lowest BCUT2D eigenvalue weighted by atomic mass is 10.1. The van der Waals surface area contributed by atoms with Gasteiger partial charge in [0, 0.05) is 27.2 Å². The van der Waals surface area contributed by atoms with Crippen LogP contribution < -0.4 is 11.4 Å². The van der Waals surface area contributed by atoms with E-state index in [4.69, 9.17) is 24.7 Å². The van der Waals surface area contributed by atoms with Gasteiger partial charge in [-0.2, -0.15) is 4.98 Å². The van der Waals surface area contributed by atoms with Crippen LogP contribution in [-0.4, -0.2) is 61.4 Å². The highest BCUT2D eigenvalue weighted by atomic mass is 16.6. The maximum absolute atomic E-state index is 13.5. The molecule has 3 heterocycles. The normalized spacial score (nSPS) is 21.7. The van der Waals surface area contributed by atoms with Crippen molar-refractivity contribution in [3.8, 4) is 0 Å². The predicted octanol–water partition coefficient (Wildman–Crippen LogP) is 0.688. The van der Waals surface area contributed by atoms with E-state index in [0.29, 0.717) is 11.9 Å². The Bertz CT molecular complexity index is 1140. The van der Waals surface area contributed by atoms with Crippen LogP contribution in [-0.2, 0) is 39.9 Å². The maximum Gasteiger partial charge on any atom is 0.332 e. The Balaban J connectivity index is 2.08. The molecule has 186 valence electrons. The van der Waals surface area contributed by atoms with Crippen LogP contribution in [0.1, 0.15) is 53.7 Å². The number of hydrogen-bond acceptors (Lipinski definition) is 11. The first-order chi connectivity index (χ1) is 16.0. The number of carbonyl (C=O) groups excluding carboxylic acids is 3. The number of ether oxygens (including phenoxy) is 4. The standard InChI is InChI=1S/C21H29N5O8/c1-6-15(32-12(4)28)16-7-17(33-13(5)29)19(34-16)26-18-14(8-23-20(22)24-18)25(21(26)30)9-10(2)31-11(3)27/h8,10,15-17,19H,6-7,9H2,1-5H3,(H2,22,23,24)/t10?,15-,16-,17+,19+/m0/s1. The van der Waals surface area contributed by atoms with Crippen molar-refractivity contribution < 1.29 is 33.3 Å². The molecule has 0 saturated carbocycles. The fourth-order valence-corrected chi connectivity index (χ4v) is 4.14. The van der Waals surface area contributed by atoms with Crippen LogP contribution in [0.3, 0.4) is 0 Å². The topological polar surface area (TPSA) is 167 Å². The smallest absolute Gasteiger partial charge is 0.332 e. The summed E-state index contributed by atoms with van der Waals surface area (Å²) in [6.07, 6.45) is -1.74. The molecule has 2 aromatic heterocycles. The van der Waals surface area contributed by atoms with Gasteiger partial charge < -0.3 is 24.7 Å². The van der Waals surface area contributed by atoms with Crippen molar-refractivity contribution in [2.75, 3.05) is 5.73 Å². The van der Waals surface area contributed by atoms with Crippen LogP contribution in [0.5, 0.6) is 0 Å². The summed E-state index contributed by atoms with van der Waals surface area (Å²) in [5.41, 5.74) is 5.74. The number of nitrogen functional groups attached to an aromatic ring is 1. The van der Waals surface area contributed by atoms with E-state index in [1.807, 2.05) is 6.92 Å². The molecule has 0 bridgehead atoms. The van der Waals surface area contributed by atoms with E-state index in [9.17, 15) is 19.2 Å². The number of hydrogen-bond donors (Lipinski definition) is 1. The summed E-state index contributed by atoms with van der Waals surface area (Å²) in [7, 11) is 0. The molecule has 13 heteroatoms. The summed E-state index contributed by atoms with van der Waals surface area (Å²) in [5.74, 6) is -1.60. The third-order valence-corrected chi connectivity index (χ3v) is 5.33. The summed E-state index contributed by atoms with van der Waals surface area (Å²) < 4.78 is 24.7. The molecule has 0 aliphatic carbocycles. The van der Waals surface area contributed by atoms with E-state index in [0.717, 1.165) is 0 Å². The molecule has 2 aromatic rings. The van der Waals surface area contributed by atoms with Crippen molar-refractivity contribution in [3.05, 3.63) is 16.7 Å². The van der Waals surface area contributed by atoms with Crippen molar-refractivity contribution in [2.45, 2.75) is 84.6 Å². The van der Waals surface area contributed by atoms with Gasteiger partial charge in [0.05, 0.1) is 12.7 Å². The molecule has 13 nitrogen and oxygen atoms in total. The predicted molar refractivity (Wildman–Crippen MR) is 117 cm³/mol. The van der Waals surface area contributed by atoms with Crippen LogP contribution in [0, 0.1) is 0 Å². The van der Waals surface area contributed by atoms with Crippen molar-refractivity contribution in [1.82, 2.24) is 19.1 Å². The van der Waals surface area contributed by atoms with Crippen LogP contribution in [0.15, 0.2) is 11.0 Å². The maximum atomic E-state index is 13.5. The van der Waals surface area contributed by atoms with Gasteiger partial charge in [0.2, 0.25) is 5.95 Å². The Morgan fingerprint density at radius 2 is 1.88 bits per heavy atom. The monoisotopic (exact) mass is 479 g/mol. The molecule has 3 rings (SSSR count). The molecule has 1 saturated heterocycles. The molecular weight excluding hydrogens is 450 g/mol. The highest BCUT2D eigenvalue weighted by Crippen LogP contribution is 2.35. The SMILES string of the molecule is CC[C@H](OC(C)=O)[C@@H]1C[C@@H](OC(C)=O)[C@H](n2c(=O)n(CC(C)OC(C)=O)c3cnc(N)nc32)O1. The molecule has 34 heavy (non-hydrogen) atoms. The zero-order chi connectivity index (χ0) is 25.2. The Morgan fingerprint density at radius 3 is 2.47 bits per heavy atom. The number of nitrogens with two attached hydrogens (primary N) is 1. The Hall–Kier alpha value is -3.48. The van der Waals surface area contributed by atoms with Crippen LogP contribution in [0.25, 0.3) is 11.2 Å². The molecule has 0 amide bonds. The number of fused-ring (bicyclic) bond motifs is 1. The third-order valence-electron chi connectivity index (χ3n) is 5.33. The zero-order valence-electron chi connectivity index (χ0n) is 19.7. The van der Waals surface area contributed by atoms with Gasteiger partial charge >= 0.3 is 23.6 Å². The molecule has 0 radical (unpaired) electrons. The van der Waals surface area contributed by atoms with Gasteiger partial charge in [0.15, 0.2) is 11.9 Å². The lowest BCUT2D eigenvalue weighted by Crippen LogP contribution is -2.35. The summed E-state index contributed by atoms with van der Waals surface area (Å²) in [6, 6.07) is 0. The van der Waals surface area contributed by atoms with Crippen molar-refractivity contribution >= 4 is 35.0 Å². The van der Waals surface area contributed by atoms with Gasteiger partial charge in [-0.05, 0) is 13.3 Å². The molecule has 1 aliphatic heterocycles. The molecule has 5 atom stereocenters. The van der Waals surface area contributed by atoms with Gasteiger partial charge in [0.1, 0.15) is 29.9 Å². The van der Waals surface area contributed by atoms with E-state index in [2.05, 4.69) is 9.97 Å². The number of esters is 3. The molecule has 0 spiro atoms. The second kappa shape index (κ2) is 10.2. The first-order valence-electron chi connectivity index (χ1n) is 10.9. The molecule has 2 N–H and O–H groups in total. The summed E-state index contributed by atoms with van der Waals surface area (Å²) in [4.78, 5) is 56.4. The van der Waals surface area contributed by atoms with E-state index in [1.54, 1.807) is 6.92 Å². The fraction of sp³-hybridized carbons (Fsp3) is 0.619. The fourth-order valence-electron chi connectivity index (χ4n) is 4.14. The summed E-state index contributed by atoms with van der Waals surface area (Å²) >= 11 is 0. The Morgan fingerprint density at radius 1 is 1.21 bits per heavy atom. The van der Waals surface area contributed by atoms with Gasteiger partial charge in [-0.25, -0.2) is 14.3 Å². The average Bonchev–Trinajstić information content (AvgIpc) is 3.23. The third kappa shape index (κ3) is 5.35. The van der Waals surface area contributed by atoms with Gasteiger partial charge in [-0.3, -0.25) is 19.0 Å². The summed E-state index contributed by atoms with van der Waals surface area (Å²) in [5, 5.41) is 0. The molecule has 1 aliphatic rings. The lowest BCUT2D eigenvalue weighted by molar-refractivity contribution is -0.158. The van der Waals surface area contributed by atoms with Gasteiger partial charge in [0.25, 0.3) is 0 Å². The first kappa shape index (κ1) is 25.1. The van der Waals surface area contributed by atoms with Crippen molar-refractivity contribution in [1.29, 1.82) is 0 Å². The van der Waals surface area contributed by atoms with Crippen LogP contribution in [0.2, 0.25) is 0 Å². The number of carbonyl (C=O) groups is 3. The van der Waals surface area contributed by atoms with E-state index >= 15 is 0 Å². The second-order valence-corrected chi connectivity index (χ2v) is 8.13. The largest absolute Gasteiger partial charge is 0.461 e. The van der Waals surface area contributed by atoms with Crippen molar-refractivity contribution in [2.24, 2.45) is 0 Å². The molecule has 1 unspecified atom stereocenters. The van der Waals surface area contributed by atoms with E-state index in [-0.39, 0.29) is 24.6 Å². The minimum Gasteiger partial charge on any atom is -0.461 e. The molecule has 1 fully saturated rings. The van der Waals surface area contributed by atoms with Crippen LogP contribution in [0.4, 0.5) is 5.95 Å². The Kier molecular flexibility index (Phi) is 7.54. The molecule has 0 aromatic carbocycles. The number of imidazole rings is 1. The van der Waals surface area contributed by atoms with Crippen LogP contribution >= 0.6 is 0 Å². The highest BCUT2D eigenvalue weighted by molar-refractivity contribution is 5.72. The number of rotatable bonds is 8. The number of anilines is 1. The van der Waals surface area contributed by atoms with Gasteiger partial charge in [-0.15, -0.1) is 0 Å². The van der Waals surface area contributed by atoms with Gasteiger partial charge in [-0.1, -0.05) is 6.92 Å². The number of aromatic nitrogens is 4. The van der Waals surface area contributed by atoms with Crippen molar-refractivity contribution in [3.63, 3.8) is 0 Å². The highest BCUT2D eigenvalue weighted by Gasteiger charge is 2.44. The molecular formula is C21H29N5O8. The lowest BCUT2D eigenvalue weighted by Gasteiger charge is -2.22.